The third-order valence-corrected chi connectivity index (χ3v) is 17.7. The van der Waals surface area contributed by atoms with Gasteiger partial charge < -0.3 is 46.0 Å². The fourth-order valence-electron chi connectivity index (χ4n) is 12.5. The summed E-state index contributed by atoms with van der Waals surface area (Å²) in [7, 11) is 4.04. The van der Waals surface area contributed by atoms with Crippen LogP contribution >= 0.6 is 0 Å². The van der Waals surface area contributed by atoms with Gasteiger partial charge in [-0.15, -0.1) is 0 Å². The van der Waals surface area contributed by atoms with Crippen molar-refractivity contribution in [3.63, 3.8) is 0 Å². The van der Waals surface area contributed by atoms with E-state index in [9.17, 15) is 9.59 Å². The van der Waals surface area contributed by atoms with Crippen LogP contribution in [-0.4, -0.2) is 145 Å². The average molecular weight is 1280 g/mol. The predicted octanol–water partition coefficient (Wildman–Crippen LogP) is 12.9. The van der Waals surface area contributed by atoms with Gasteiger partial charge in [0.1, 0.15) is 5.82 Å². The van der Waals surface area contributed by atoms with Gasteiger partial charge >= 0.3 is 0 Å². The minimum Gasteiger partial charge on any atom is -0.378 e. The van der Waals surface area contributed by atoms with Crippen molar-refractivity contribution in [2.75, 3.05) is 105 Å². The Hall–Kier alpha value is -10.9. The molecule has 20 nitrogen and oxygen atoms in total. The number of nitrogens with zero attached hydrogens (tertiary/aromatic N) is 12. The zero-order chi connectivity index (χ0) is 66.1. The monoisotopic (exact) mass is 1280 g/mol. The van der Waals surface area contributed by atoms with Gasteiger partial charge in [-0.05, 0) is 199 Å². The van der Waals surface area contributed by atoms with Crippen molar-refractivity contribution < 1.29 is 14.3 Å². The second kappa shape index (κ2) is 29.2. The van der Waals surface area contributed by atoms with E-state index < -0.39 is 0 Å². The smallest absolute Gasteiger partial charge is 0.251 e. The summed E-state index contributed by atoms with van der Waals surface area (Å²) in [4.78, 5) is 56.1. The summed E-state index contributed by atoms with van der Waals surface area (Å²) in [6.07, 6.45) is 15.9. The van der Waals surface area contributed by atoms with Crippen LogP contribution in [0.3, 0.4) is 0 Å². The highest BCUT2D eigenvalue weighted by Gasteiger charge is 2.22. The molecule has 2 saturated heterocycles. The third kappa shape index (κ3) is 14.7. The fraction of sp³-hybridized carbons (Fsp3) is 0.250. The number of pyridine rings is 3. The first-order chi connectivity index (χ1) is 46.8. The van der Waals surface area contributed by atoms with Crippen LogP contribution in [0, 0.1) is 13.8 Å². The molecule has 12 aromatic rings. The molecule has 15 rings (SSSR count). The number of carbonyl (C=O) groups is 2. The first-order valence-electron chi connectivity index (χ1n) is 32.9. The highest BCUT2D eigenvalue weighted by atomic mass is 16.5. The molecule has 0 atom stereocenters. The number of benzene rings is 5. The van der Waals surface area contributed by atoms with Crippen LogP contribution in [0.2, 0.25) is 0 Å². The minimum atomic E-state index is -0.0680. The highest BCUT2D eigenvalue weighted by Crippen LogP contribution is 2.33. The van der Waals surface area contributed by atoms with Crippen molar-refractivity contribution in [2.45, 2.75) is 46.7 Å². The lowest BCUT2D eigenvalue weighted by atomic mass is 10.0. The maximum atomic E-state index is 12.4. The zero-order valence-corrected chi connectivity index (χ0v) is 55.2. The van der Waals surface area contributed by atoms with Crippen molar-refractivity contribution >= 4 is 74.3 Å². The lowest BCUT2D eigenvalue weighted by Crippen LogP contribution is -2.48. The van der Waals surface area contributed by atoms with Crippen LogP contribution in [0.15, 0.2) is 201 Å². The van der Waals surface area contributed by atoms with Gasteiger partial charge in [0, 0.05) is 153 Å². The zero-order valence-electron chi connectivity index (χ0n) is 55.2. The Bertz CT molecular complexity index is 4640. The number of fused-ring (bicyclic) bond motifs is 4. The molecule has 10 heterocycles. The van der Waals surface area contributed by atoms with Crippen molar-refractivity contribution in [1.29, 1.82) is 0 Å². The summed E-state index contributed by atoms with van der Waals surface area (Å²) in [6.45, 7) is 18.6. The number of imidazole rings is 3. The molecular weight excluding hydrogens is 1200 g/mol. The Morgan fingerprint density at radius 1 is 0.562 bits per heavy atom. The van der Waals surface area contributed by atoms with Crippen molar-refractivity contribution in [2.24, 2.45) is 0 Å². The number of hydrogen-bond donors (Lipinski definition) is 5. The Morgan fingerprint density at radius 3 is 1.57 bits per heavy atom. The number of carbonyl (C=O) groups excluding carboxylic acids is 2. The average Bonchev–Trinajstić information content (AvgIpc) is 1.53. The van der Waals surface area contributed by atoms with E-state index in [1.165, 1.54) is 22.5 Å². The topological polar surface area (TPSA) is 194 Å². The molecule has 0 saturated carbocycles. The van der Waals surface area contributed by atoms with Crippen molar-refractivity contribution in [3.05, 3.63) is 229 Å². The van der Waals surface area contributed by atoms with E-state index in [0.717, 1.165) is 162 Å². The van der Waals surface area contributed by atoms with Gasteiger partial charge in [-0.25, -0.2) is 24.9 Å². The van der Waals surface area contributed by atoms with Crippen LogP contribution in [-0.2, 0) is 11.3 Å². The van der Waals surface area contributed by atoms with Crippen molar-refractivity contribution in [3.8, 4) is 33.8 Å². The van der Waals surface area contributed by atoms with E-state index in [1.54, 1.807) is 12.4 Å². The summed E-state index contributed by atoms with van der Waals surface area (Å²) in [5, 5.41) is 16.3. The molecule has 5 aromatic carbocycles. The summed E-state index contributed by atoms with van der Waals surface area (Å²) in [6, 6.07) is 52.2. The quantitative estimate of drug-likeness (QED) is 0.0540. The predicted molar refractivity (Wildman–Crippen MR) is 385 cm³/mol. The maximum Gasteiger partial charge on any atom is 0.251 e. The number of aryl methyl sites for hydroxylation is 2. The summed E-state index contributed by atoms with van der Waals surface area (Å²) < 4.78 is 11.7. The number of aromatic nitrogens is 8. The van der Waals surface area contributed by atoms with Crippen LogP contribution in [0.4, 0.5) is 45.5 Å². The van der Waals surface area contributed by atoms with Gasteiger partial charge in [0.25, 0.3) is 11.8 Å². The molecule has 2 amide bonds. The van der Waals surface area contributed by atoms with Gasteiger partial charge in [-0.2, -0.15) is 0 Å². The Morgan fingerprint density at radius 2 is 1.06 bits per heavy atom. The SMILES string of the molecule is CN(C)CCCNC(=O)c1ccc(Nc2ccc(-c3ccc4c(c3)CNC4=O)n3ccnc23)cc1.Cc1cccc(-c2ccc(Nc3ccc(N4CCN(C(C)C)CC4)cc3)c3nccn23)c1.Cc1ncc(-c2ccc(Nc3ccc(N4CCOCC4)cc3)c3nccn23)cn1. The molecule has 0 aliphatic carbocycles. The van der Waals surface area contributed by atoms with E-state index >= 15 is 0 Å². The second-order valence-corrected chi connectivity index (χ2v) is 24.9. The number of piperazine rings is 1. The lowest BCUT2D eigenvalue weighted by molar-refractivity contribution is 0.0948. The molecule has 7 aromatic heterocycles. The third-order valence-electron chi connectivity index (χ3n) is 17.7. The number of morpholine rings is 1. The van der Waals surface area contributed by atoms with E-state index in [1.807, 2.05) is 117 Å². The highest BCUT2D eigenvalue weighted by molar-refractivity contribution is 5.99. The number of hydrogen-bond acceptors (Lipinski definition) is 15. The van der Waals surface area contributed by atoms with E-state index in [-0.39, 0.29) is 11.8 Å². The van der Waals surface area contributed by atoms with Crippen LogP contribution < -0.4 is 36.4 Å². The molecule has 3 aliphatic heterocycles. The molecule has 5 N–H and O–H groups in total. The number of anilines is 8. The molecule has 0 radical (unpaired) electrons. The number of amides is 2. The fourth-order valence-corrected chi connectivity index (χ4v) is 12.5. The molecule has 488 valence electrons. The van der Waals surface area contributed by atoms with Crippen LogP contribution in [0.1, 0.15) is 57.9 Å². The van der Waals surface area contributed by atoms with Gasteiger partial charge in [-0.1, -0.05) is 29.8 Å². The van der Waals surface area contributed by atoms with E-state index in [2.05, 4.69) is 198 Å². The Balaban J connectivity index is 0.000000131. The van der Waals surface area contributed by atoms with E-state index in [4.69, 9.17) is 4.74 Å². The van der Waals surface area contributed by atoms with E-state index in [0.29, 0.717) is 24.7 Å². The Kier molecular flexibility index (Phi) is 19.4. The Labute approximate surface area is 559 Å². The van der Waals surface area contributed by atoms with Gasteiger partial charge in [0.15, 0.2) is 16.9 Å². The standard InChI is InChI=1S/C27H28N6O2.C27H31N5.C22H22N6O/c1-32(2)14-3-12-29-26(34)18-4-7-21(8-5-18)31-23-10-11-24(33-15-13-28-25(23)33)19-6-9-22-20(16-19)17-30-27(22)35;1-20(2)30-15-17-31(18-16-30)24-9-7-23(8-10-24)29-25-11-12-26(32-14-13-28-27(25)32)22-6-4-5-21(3)19-22;1-16-24-14-17(15-25-16)21-7-6-20(22-23-8-9-28(21)22)26-18-2-4-19(5-3-18)27-10-12-29-13-11-27/h4-11,13,15-16,31H,3,12,14,17H2,1-2H3,(H,29,34)(H,30,35);4-14,19-20,29H,15-18H2,1-3H3;2-9,14-15,26H,10-13H2,1H3. The second-order valence-electron chi connectivity index (χ2n) is 24.9. The summed E-state index contributed by atoms with van der Waals surface area (Å²) in [5.41, 5.74) is 20.8. The molecule has 20 heteroatoms. The molecule has 2 fully saturated rings. The largest absolute Gasteiger partial charge is 0.378 e. The molecule has 0 bridgehead atoms. The normalized spacial score (nSPS) is 13.9. The van der Waals surface area contributed by atoms with Crippen LogP contribution in [0.25, 0.3) is 50.7 Å². The molecule has 96 heavy (non-hydrogen) atoms. The first-order valence-corrected chi connectivity index (χ1v) is 32.9. The van der Waals surface area contributed by atoms with Crippen molar-refractivity contribution in [1.82, 2.24) is 58.6 Å². The number of rotatable bonds is 17. The van der Waals surface area contributed by atoms with Crippen LogP contribution in [0.5, 0.6) is 0 Å². The van der Waals surface area contributed by atoms with Gasteiger partial charge in [-0.3, -0.25) is 27.7 Å². The summed E-state index contributed by atoms with van der Waals surface area (Å²) >= 11 is 0. The lowest BCUT2D eigenvalue weighted by Gasteiger charge is -2.38. The first kappa shape index (κ1) is 63.8. The number of nitrogens with one attached hydrogen (secondary N) is 5. The molecule has 0 unspecified atom stereocenters. The molecule has 3 aliphatic rings. The summed E-state index contributed by atoms with van der Waals surface area (Å²) in [5.74, 6) is 0.669. The van der Waals surface area contributed by atoms with Gasteiger partial charge in [0.05, 0.1) is 47.4 Å². The molecular formula is C76H81N17O3. The maximum absolute atomic E-state index is 12.4. The number of ether oxygens (including phenoxy) is 1. The minimum absolute atomic E-state index is 0.0216. The van der Waals surface area contributed by atoms with Gasteiger partial charge in [0.2, 0.25) is 0 Å². The molecule has 0 spiro atoms.